The van der Waals surface area contributed by atoms with Crippen LogP contribution in [0.25, 0.3) is 11.4 Å². The summed E-state index contributed by atoms with van der Waals surface area (Å²) in [5, 5.41) is 8.87. The molecule has 1 aromatic carbocycles. The molecule has 0 saturated carbocycles. The number of nitrogen functional groups attached to an aromatic ring is 1. The molecule has 0 radical (unpaired) electrons. The van der Waals surface area contributed by atoms with Gasteiger partial charge in [0.25, 0.3) is 0 Å². The van der Waals surface area contributed by atoms with E-state index in [-0.39, 0.29) is 22.2 Å². The fourth-order valence-corrected chi connectivity index (χ4v) is 1.53. The molecule has 0 spiro atoms. The van der Waals surface area contributed by atoms with E-state index in [1.54, 1.807) is 0 Å². The van der Waals surface area contributed by atoms with Crippen molar-refractivity contribution < 1.29 is 4.39 Å². The van der Waals surface area contributed by atoms with Gasteiger partial charge in [0.05, 0.1) is 11.2 Å². The van der Waals surface area contributed by atoms with Crippen LogP contribution in [0.4, 0.5) is 10.2 Å². The van der Waals surface area contributed by atoms with Crippen molar-refractivity contribution >= 4 is 17.4 Å². The molecule has 0 aliphatic heterocycles. The Morgan fingerprint density at radius 1 is 1.41 bits per heavy atom. The number of rotatable bonds is 1. The van der Waals surface area contributed by atoms with E-state index in [2.05, 4.69) is 9.97 Å². The van der Waals surface area contributed by atoms with Crippen LogP contribution in [-0.4, -0.2) is 9.97 Å². The van der Waals surface area contributed by atoms with Crippen molar-refractivity contribution in [1.82, 2.24) is 9.97 Å². The van der Waals surface area contributed by atoms with Gasteiger partial charge >= 0.3 is 0 Å². The van der Waals surface area contributed by atoms with Crippen LogP contribution >= 0.6 is 11.6 Å². The topological polar surface area (TPSA) is 75.6 Å². The summed E-state index contributed by atoms with van der Waals surface area (Å²) in [7, 11) is 0. The number of nitrogens with zero attached hydrogens (tertiary/aromatic N) is 3. The highest BCUT2D eigenvalue weighted by molar-refractivity contribution is 6.33. The monoisotopic (exact) mass is 248 g/mol. The van der Waals surface area contributed by atoms with Gasteiger partial charge in [0, 0.05) is 5.56 Å². The van der Waals surface area contributed by atoms with Gasteiger partial charge in [-0.05, 0) is 18.2 Å². The first-order valence-electron chi connectivity index (χ1n) is 4.60. The first-order chi connectivity index (χ1) is 8.11. The standard InChI is InChI=1S/C11H6ClFN4/c12-9-3-7(13)1-2-8(9)11-16-5-6(4-14)10(15)17-11/h1-3,5H,(H2,15,16,17). The van der Waals surface area contributed by atoms with Crippen LogP contribution in [-0.2, 0) is 0 Å². The number of nitrogens with two attached hydrogens (primary N) is 1. The average Bonchev–Trinajstić information content (AvgIpc) is 2.29. The first kappa shape index (κ1) is 11.3. The fraction of sp³-hybridized carbons (Fsp3) is 0. The van der Waals surface area contributed by atoms with E-state index in [0.717, 1.165) is 6.07 Å². The van der Waals surface area contributed by atoms with Crippen LogP contribution in [0.5, 0.6) is 0 Å². The number of aromatic nitrogens is 2. The SMILES string of the molecule is N#Cc1cnc(-c2ccc(F)cc2Cl)nc1N. The Morgan fingerprint density at radius 2 is 2.18 bits per heavy atom. The Morgan fingerprint density at radius 3 is 2.76 bits per heavy atom. The summed E-state index contributed by atoms with van der Waals surface area (Å²) in [5.74, 6) is -0.121. The first-order valence-corrected chi connectivity index (χ1v) is 4.97. The van der Waals surface area contributed by atoms with Crippen molar-refractivity contribution in [3.63, 3.8) is 0 Å². The number of nitriles is 1. The second-order valence-electron chi connectivity index (χ2n) is 3.23. The van der Waals surface area contributed by atoms with Gasteiger partial charge < -0.3 is 5.73 Å². The lowest BCUT2D eigenvalue weighted by atomic mass is 10.2. The molecular weight excluding hydrogens is 243 g/mol. The van der Waals surface area contributed by atoms with E-state index in [9.17, 15) is 4.39 Å². The van der Waals surface area contributed by atoms with Crippen molar-refractivity contribution in [3.05, 3.63) is 40.8 Å². The minimum absolute atomic E-state index is 0.0675. The highest BCUT2D eigenvalue weighted by atomic mass is 35.5. The molecule has 2 aromatic rings. The maximum absolute atomic E-state index is 12.9. The highest BCUT2D eigenvalue weighted by Crippen LogP contribution is 2.26. The lowest BCUT2D eigenvalue weighted by Gasteiger charge is -2.04. The Balaban J connectivity index is 2.54. The molecule has 0 aliphatic rings. The van der Waals surface area contributed by atoms with Crippen LogP contribution in [0.2, 0.25) is 5.02 Å². The summed E-state index contributed by atoms with van der Waals surface area (Å²) >= 11 is 5.86. The molecule has 84 valence electrons. The lowest BCUT2D eigenvalue weighted by molar-refractivity contribution is 0.628. The molecular formula is C11H6ClFN4. The third kappa shape index (κ3) is 2.17. The number of anilines is 1. The van der Waals surface area contributed by atoms with Gasteiger partial charge in [0.2, 0.25) is 0 Å². The van der Waals surface area contributed by atoms with Crippen molar-refractivity contribution in [2.24, 2.45) is 0 Å². The number of hydrogen-bond donors (Lipinski definition) is 1. The maximum atomic E-state index is 12.9. The summed E-state index contributed by atoms with van der Waals surface area (Å²) in [6, 6.07) is 5.72. The zero-order valence-corrected chi connectivity index (χ0v) is 9.24. The zero-order chi connectivity index (χ0) is 12.4. The van der Waals surface area contributed by atoms with Crippen molar-refractivity contribution in [2.75, 3.05) is 5.73 Å². The third-order valence-corrected chi connectivity index (χ3v) is 2.42. The Kier molecular flexibility index (Phi) is 2.90. The Hall–Kier alpha value is -2.19. The van der Waals surface area contributed by atoms with Crippen LogP contribution in [0.3, 0.4) is 0 Å². The minimum atomic E-state index is -0.444. The summed E-state index contributed by atoms with van der Waals surface area (Å²) < 4.78 is 12.9. The molecule has 1 heterocycles. The summed E-state index contributed by atoms with van der Waals surface area (Å²) in [6.07, 6.45) is 1.30. The second kappa shape index (κ2) is 4.36. The predicted octanol–water partition coefficient (Wildman–Crippen LogP) is 2.39. The summed E-state index contributed by atoms with van der Waals surface area (Å²) in [5.41, 5.74) is 6.21. The van der Waals surface area contributed by atoms with Crippen LogP contribution in [0.15, 0.2) is 24.4 Å². The molecule has 0 unspecified atom stereocenters. The van der Waals surface area contributed by atoms with Crippen molar-refractivity contribution in [2.45, 2.75) is 0 Å². The molecule has 0 bridgehead atoms. The van der Waals surface area contributed by atoms with E-state index in [1.807, 2.05) is 6.07 Å². The second-order valence-corrected chi connectivity index (χ2v) is 3.64. The van der Waals surface area contributed by atoms with Crippen molar-refractivity contribution in [1.29, 1.82) is 5.26 Å². The van der Waals surface area contributed by atoms with E-state index >= 15 is 0 Å². The molecule has 0 saturated heterocycles. The van der Waals surface area contributed by atoms with Crippen LogP contribution < -0.4 is 5.73 Å². The van der Waals surface area contributed by atoms with Gasteiger partial charge in [-0.1, -0.05) is 11.6 Å². The zero-order valence-electron chi connectivity index (χ0n) is 8.48. The molecule has 0 fully saturated rings. The fourth-order valence-electron chi connectivity index (χ4n) is 1.28. The highest BCUT2D eigenvalue weighted by Gasteiger charge is 2.09. The molecule has 6 heteroatoms. The van der Waals surface area contributed by atoms with Gasteiger partial charge in [-0.3, -0.25) is 0 Å². The lowest BCUT2D eigenvalue weighted by Crippen LogP contribution is -1.99. The summed E-state index contributed by atoms with van der Waals surface area (Å²) in [6.45, 7) is 0. The largest absolute Gasteiger partial charge is 0.382 e. The van der Waals surface area contributed by atoms with Gasteiger partial charge in [-0.25, -0.2) is 14.4 Å². The molecule has 17 heavy (non-hydrogen) atoms. The maximum Gasteiger partial charge on any atom is 0.163 e. The minimum Gasteiger partial charge on any atom is -0.382 e. The molecule has 1 aromatic heterocycles. The molecule has 0 amide bonds. The van der Waals surface area contributed by atoms with E-state index in [1.165, 1.54) is 18.3 Å². The van der Waals surface area contributed by atoms with Gasteiger partial charge in [0.15, 0.2) is 5.82 Å². The van der Waals surface area contributed by atoms with Crippen LogP contribution in [0.1, 0.15) is 5.56 Å². The van der Waals surface area contributed by atoms with E-state index in [0.29, 0.717) is 5.56 Å². The van der Waals surface area contributed by atoms with E-state index < -0.39 is 5.82 Å². The Bertz CT molecular complexity index is 621. The predicted molar refractivity (Wildman–Crippen MR) is 61.6 cm³/mol. The smallest absolute Gasteiger partial charge is 0.163 e. The number of hydrogen-bond acceptors (Lipinski definition) is 4. The van der Waals surface area contributed by atoms with E-state index in [4.69, 9.17) is 22.6 Å². The molecule has 4 nitrogen and oxygen atoms in total. The van der Waals surface area contributed by atoms with Gasteiger partial charge in [-0.15, -0.1) is 0 Å². The average molecular weight is 249 g/mol. The number of halogens is 2. The molecule has 0 atom stereocenters. The molecule has 0 aliphatic carbocycles. The third-order valence-electron chi connectivity index (χ3n) is 2.11. The van der Waals surface area contributed by atoms with Gasteiger partial charge in [-0.2, -0.15) is 5.26 Å². The summed E-state index contributed by atoms with van der Waals surface area (Å²) in [4.78, 5) is 7.89. The Labute approximate surface area is 101 Å². The molecule has 2 rings (SSSR count). The number of benzene rings is 1. The quantitative estimate of drug-likeness (QED) is 0.841. The van der Waals surface area contributed by atoms with Crippen molar-refractivity contribution in [3.8, 4) is 17.5 Å². The van der Waals surface area contributed by atoms with Gasteiger partial charge in [0.1, 0.15) is 23.3 Å². The normalized spacial score (nSPS) is 9.94. The molecule has 2 N–H and O–H groups in total. The van der Waals surface area contributed by atoms with Crippen LogP contribution in [0, 0.1) is 17.1 Å².